The number of hydrogen-bond acceptors (Lipinski definition) is 2. The molecule has 0 saturated carbocycles. The Kier molecular flexibility index (Phi) is 5.66. The molecule has 0 aliphatic carbocycles. The van der Waals surface area contributed by atoms with Crippen molar-refractivity contribution in [1.29, 1.82) is 0 Å². The Morgan fingerprint density at radius 1 is 1.14 bits per heavy atom. The topological polar surface area (TPSA) is 21.3 Å². The maximum absolute atomic E-state index is 6.01. The van der Waals surface area contributed by atoms with Gasteiger partial charge in [0.15, 0.2) is 0 Å². The zero-order valence-corrected chi connectivity index (χ0v) is 13.6. The van der Waals surface area contributed by atoms with E-state index in [2.05, 4.69) is 37.4 Å². The summed E-state index contributed by atoms with van der Waals surface area (Å²) in [5.74, 6) is 0.936. The van der Waals surface area contributed by atoms with Gasteiger partial charge in [-0.1, -0.05) is 35.9 Å². The maximum Gasteiger partial charge on any atom is 0.121 e. The molecule has 1 atom stereocenters. The molecule has 3 heteroatoms. The van der Waals surface area contributed by atoms with Crippen LogP contribution in [-0.4, -0.2) is 13.2 Å². The van der Waals surface area contributed by atoms with E-state index in [4.69, 9.17) is 16.3 Å². The average Bonchev–Trinajstić information content (AvgIpc) is 2.45. The van der Waals surface area contributed by atoms with Gasteiger partial charge in [0.25, 0.3) is 0 Å². The number of benzene rings is 2. The van der Waals surface area contributed by atoms with Crippen molar-refractivity contribution in [3.63, 3.8) is 0 Å². The Morgan fingerprint density at radius 3 is 2.62 bits per heavy atom. The summed E-state index contributed by atoms with van der Waals surface area (Å²) in [5.41, 5.74) is 3.69. The first-order chi connectivity index (χ1) is 10.1. The third-order valence-corrected chi connectivity index (χ3v) is 3.78. The van der Waals surface area contributed by atoms with Crippen LogP contribution in [0.15, 0.2) is 42.5 Å². The maximum atomic E-state index is 6.01. The van der Waals surface area contributed by atoms with Crippen molar-refractivity contribution in [2.45, 2.75) is 32.9 Å². The van der Waals surface area contributed by atoms with Gasteiger partial charge in [0.05, 0.1) is 7.11 Å². The number of methoxy groups -OCH3 is 1. The molecule has 0 spiro atoms. The van der Waals surface area contributed by atoms with Gasteiger partial charge in [0, 0.05) is 17.6 Å². The van der Waals surface area contributed by atoms with E-state index in [1.165, 1.54) is 16.7 Å². The van der Waals surface area contributed by atoms with Crippen LogP contribution in [0.2, 0.25) is 5.02 Å². The lowest BCUT2D eigenvalue weighted by molar-refractivity contribution is 0.411. The van der Waals surface area contributed by atoms with Crippen molar-refractivity contribution >= 4 is 11.6 Å². The van der Waals surface area contributed by atoms with Gasteiger partial charge >= 0.3 is 0 Å². The summed E-state index contributed by atoms with van der Waals surface area (Å²) >= 11 is 6.01. The molecule has 2 rings (SSSR count). The van der Waals surface area contributed by atoms with Gasteiger partial charge in [-0.15, -0.1) is 0 Å². The minimum atomic E-state index is 0.394. The molecule has 2 nitrogen and oxygen atoms in total. The van der Waals surface area contributed by atoms with Gasteiger partial charge in [-0.05, 0) is 55.2 Å². The SMILES string of the molecule is COc1ccc(CNC(C)Cc2cccc(Cl)c2)cc1C. The molecular formula is C18H22ClNO. The first-order valence-corrected chi connectivity index (χ1v) is 7.57. The van der Waals surface area contributed by atoms with Gasteiger partial charge in [-0.2, -0.15) is 0 Å². The van der Waals surface area contributed by atoms with Crippen molar-refractivity contribution in [2.24, 2.45) is 0 Å². The summed E-state index contributed by atoms with van der Waals surface area (Å²) < 4.78 is 5.28. The molecular weight excluding hydrogens is 282 g/mol. The molecule has 0 aliphatic heterocycles. The minimum Gasteiger partial charge on any atom is -0.496 e. The lowest BCUT2D eigenvalue weighted by Gasteiger charge is -2.15. The molecule has 0 amide bonds. The highest BCUT2D eigenvalue weighted by Crippen LogP contribution is 2.18. The summed E-state index contributed by atoms with van der Waals surface area (Å²) in [7, 11) is 1.70. The third kappa shape index (κ3) is 4.76. The Labute approximate surface area is 132 Å². The number of ether oxygens (including phenoxy) is 1. The lowest BCUT2D eigenvalue weighted by Crippen LogP contribution is -2.27. The van der Waals surface area contributed by atoms with Gasteiger partial charge in [0.2, 0.25) is 0 Å². The van der Waals surface area contributed by atoms with Crippen molar-refractivity contribution in [3.8, 4) is 5.75 Å². The normalized spacial score (nSPS) is 12.2. The van der Waals surface area contributed by atoms with E-state index in [1.807, 2.05) is 24.3 Å². The Hall–Kier alpha value is -1.51. The van der Waals surface area contributed by atoms with E-state index in [9.17, 15) is 0 Å². The fraction of sp³-hybridized carbons (Fsp3) is 0.333. The second-order valence-electron chi connectivity index (χ2n) is 5.42. The van der Waals surface area contributed by atoms with Crippen molar-refractivity contribution < 1.29 is 4.74 Å². The number of aryl methyl sites for hydroxylation is 1. The number of nitrogens with one attached hydrogen (secondary N) is 1. The summed E-state index contributed by atoms with van der Waals surface area (Å²) in [6, 6.07) is 14.7. The fourth-order valence-corrected chi connectivity index (χ4v) is 2.65. The van der Waals surface area contributed by atoms with E-state index < -0.39 is 0 Å². The largest absolute Gasteiger partial charge is 0.496 e. The van der Waals surface area contributed by atoms with E-state index in [0.29, 0.717) is 6.04 Å². The van der Waals surface area contributed by atoms with Gasteiger partial charge in [-0.25, -0.2) is 0 Å². The lowest BCUT2D eigenvalue weighted by atomic mass is 10.1. The molecule has 0 heterocycles. The van der Waals surface area contributed by atoms with Crippen LogP contribution in [0.1, 0.15) is 23.6 Å². The second kappa shape index (κ2) is 7.48. The van der Waals surface area contributed by atoms with Crippen molar-refractivity contribution in [2.75, 3.05) is 7.11 Å². The molecule has 0 aromatic heterocycles. The molecule has 1 unspecified atom stereocenters. The molecule has 2 aromatic carbocycles. The third-order valence-electron chi connectivity index (χ3n) is 3.54. The van der Waals surface area contributed by atoms with E-state index in [-0.39, 0.29) is 0 Å². The van der Waals surface area contributed by atoms with Crippen LogP contribution >= 0.6 is 11.6 Å². The summed E-state index contributed by atoms with van der Waals surface area (Å²) in [5, 5.41) is 4.34. The van der Waals surface area contributed by atoms with Crippen molar-refractivity contribution in [3.05, 3.63) is 64.2 Å². The molecule has 0 radical (unpaired) electrons. The van der Waals surface area contributed by atoms with E-state index in [0.717, 1.165) is 23.7 Å². The predicted molar refractivity (Wildman–Crippen MR) is 89.2 cm³/mol. The second-order valence-corrected chi connectivity index (χ2v) is 5.86. The monoisotopic (exact) mass is 303 g/mol. The summed E-state index contributed by atoms with van der Waals surface area (Å²) in [4.78, 5) is 0. The number of hydrogen-bond donors (Lipinski definition) is 1. The molecule has 1 N–H and O–H groups in total. The molecule has 0 saturated heterocycles. The highest BCUT2D eigenvalue weighted by molar-refractivity contribution is 6.30. The van der Waals surface area contributed by atoms with Crippen LogP contribution < -0.4 is 10.1 Å². The van der Waals surface area contributed by atoms with Crippen LogP contribution in [0.4, 0.5) is 0 Å². The first kappa shape index (κ1) is 15.9. The fourth-order valence-electron chi connectivity index (χ4n) is 2.43. The molecule has 0 bridgehead atoms. The molecule has 0 aliphatic rings. The molecule has 112 valence electrons. The smallest absolute Gasteiger partial charge is 0.121 e. The minimum absolute atomic E-state index is 0.394. The Bertz CT molecular complexity index is 598. The number of rotatable bonds is 6. The first-order valence-electron chi connectivity index (χ1n) is 7.20. The molecule has 0 fully saturated rings. The van der Waals surface area contributed by atoms with Gasteiger partial charge < -0.3 is 10.1 Å². The zero-order valence-electron chi connectivity index (χ0n) is 12.8. The van der Waals surface area contributed by atoms with E-state index >= 15 is 0 Å². The highest BCUT2D eigenvalue weighted by Gasteiger charge is 2.05. The molecule has 21 heavy (non-hydrogen) atoms. The van der Waals surface area contributed by atoms with Crippen LogP contribution in [0.25, 0.3) is 0 Å². The average molecular weight is 304 g/mol. The van der Waals surface area contributed by atoms with Crippen LogP contribution in [-0.2, 0) is 13.0 Å². The molecule has 2 aromatic rings. The van der Waals surface area contributed by atoms with Crippen LogP contribution in [0, 0.1) is 6.92 Å². The van der Waals surface area contributed by atoms with Gasteiger partial charge in [0.1, 0.15) is 5.75 Å². The summed E-state index contributed by atoms with van der Waals surface area (Å²) in [6.45, 7) is 5.11. The Balaban J connectivity index is 1.89. The van der Waals surface area contributed by atoms with Crippen LogP contribution in [0.3, 0.4) is 0 Å². The van der Waals surface area contributed by atoms with Crippen LogP contribution in [0.5, 0.6) is 5.75 Å². The highest BCUT2D eigenvalue weighted by atomic mass is 35.5. The quantitative estimate of drug-likeness (QED) is 0.855. The Morgan fingerprint density at radius 2 is 1.95 bits per heavy atom. The summed E-state index contributed by atoms with van der Waals surface area (Å²) in [6.07, 6.45) is 0.968. The standard InChI is InChI=1S/C18H22ClNO/c1-13-9-16(7-8-18(13)21-3)12-20-14(2)10-15-5-4-6-17(19)11-15/h4-9,11,14,20H,10,12H2,1-3H3. The predicted octanol–water partition coefficient (Wildman–Crippen LogP) is 4.38. The number of halogens is 1. The van der Waals surface area contributed by atoms with Crippen molar-refractivity contribution in [1.82, 2.24) is 5.32 Å². The van der Waals surface area contributed by atoms with Gasteiger partial charge in [-0.3, -0.25) is 0 Å². The van der Waals surface area contributed by atoms with E-state index in [1.54, 1.807) is 7.11 Å². The zero-order chi connectivity index (χ0) is 15.2.